The Balaban J connectivity index is 1.40. The molecule has 166 valence electrons. The number of nitrogens with zero attached hydrogens (tertiary/aromatic N) is 1. The Labute approximate surface area is 182 Å². The van der Waals surface area contributed by atoms with Crippen molar-refractivity contribution in [1.82, 2.24) is 9.62 Å². The van der Waals surface area contributed by atoms with Crippen molar-refractivity contribution in [3.8, 4) is 0 Å². The Hall–Kier alpha value is -2.42. The van der Waals surface area contributed by atoms with Gasteiger partial charge in [0.25, 0.3) is 0 Å². The number of fused-ring (bicyclic) bond motifs is 1. The van der Waals surface area contributed by atoms with Gasteiger partial charge in [-0.25, -0.2) is 13.1 Å². The zero-order valence-electron chi connectivity index (χ0n) is 17.4. The minimum atomic E-state index is -3.65. The number of aliphatic hydroxyl groups excluding tert-OH is 1. The van der Waals surface area contributed by atoms with E-state index < -0.39 is 10.0 Å². The highest BCUT2D eigenvalue weighted by atomic mass is 32.2. The third kappa shape index (κ3) is 4.61. The molecule has 7 nitrogen and oxygen atoms in total. The van der Waals surface area contributed by atoms with Crippen LogP contribution in [0.5, 0.6) is 0 Å². The van der Waals surface area contributed by atoms with Crippen LogP contribution in [-0.2, 0) is 21.4 Å². The van der Waals surface area contributed by atoms with Gasteiger partial charge in [0.2, 0.25) is 15.9 Å². The molecular formula is C23H28N2O5S. The summed E-state index contributed by atoms with van der Waals surface area (Å²) >= 11 is 0. The predicted molar refractivity (Wildman–Crippen MR) is 116 cm³/mol. The van der Waals surface area contributed by atoms with Crippen molar-refractivity contribution in [3.63, 3.8) is 0 Å². The summed E-state index contributed by atoms with van der Waals surface area (Å²) in [7, 11) is -3.65. The van der Waals surface area contributed by atoms with Crippen molar-refractivity contribution in [2.75, 3.05) is 13.2 Å². The number of benzene rings is 1. The summed E-state index contributed by atoms with van der Waals surface area (Å²) in [6, 6.07) is 9.89. The van der Waals surface area contributed by atoms with Gasteiger partial charge in [-0.2, -0.15) is 0 Å². The Bertz CT molecular complexity index is 1030. The lowest BCUT2D eigenvalue weighted by Gasteiger charge is -2.45. The van der Waals surface area contributed by atoms with E-state index >= 15 is 0 Å². The first-order chi connectivity index (χ1) is 14.9. The van der Waals surface area contributed by atoms with Crippen molar-refractivity contribution >= 4 is 22.0 Å². The molecule has 0 spiro atoms. The van der Waals surface area contributed by atoms with Crippen LogP contribution in [0.3, 0.4) is 0 Å². The number of rotatable bonds is 7. The maximum atomic E-state index is 12.8. The summed E-state index contributed by atoms with van der Waals surface area (Å²) in [4.78, 5) is 14.9. The molecule has 2 fully saturated rings. The number of carbonyl (C=O) groups excluding carboxylic acids is 1. The average Bonchev–Trinajstić information content (AvgIpc) is 3.46. The number of hydrogen-bond donors (Lipinski definition) is 2. The third-order valence-electron chi connectivity index (χ3n) is 6.53. The molecule has 2 heterocycles. The number of furan rings is 1. The SMILES string of the molecule is O=C(C=Cc1ccc(S(=O)(=O)NCc2ccco2)cc1)N1CCC[C@@]2(CO)CCC[C@@H]12. The van der Waals surface area contributed by atoms with Crippen LogP contribution in [0.4, 0.5) is 0 Å². The first-order valence-corrected chi connectivity index (χ1v) is 12.1. The van der Waals surface area contributed by atoms with Gasteiger partial charge >= 0.3 is 0 Å². The summed E-state index contributed by atoms with van der Waals surface area (Å²) in [5.41, 5.74) is 0.607. The van der Waals surface area contributed by atoms with Crippen molar-refractivity contribution in [2.24, 2.45) is 5.41 Å². The molecule has 4 rings (SSSR count). The molecule has 1 aromatic carbocycles. The molecule has 8 heteroatoms. The van der Waals surface area contributed by atoms with Crippen molar-refractivity contribution < 1.29 is 22.7 Å². The molecular weight excluding hydrogens is 416 g/mol. The first-order valence-electron chi connectivity index (χ1n) is 10.7. The van der Waals surface area contributed by atoms with Crippen LogP contribution in [0.1, 0.15) is 43.4 Å². The Kier molecular flexibility index (Phi) is 6.31. The van der Waals surface area contributed by atoms with Gasteiger partial charge in [0, 0.05) is 24.1 Å². The van der Waals surface area contributed by atoms with Gasteiger partial charge in [-0.3, -0.25) is 4.79 Å². The first kappa shape index (κ1) is 21.8. The third-order valence-corrected chi connectivity index (χ3v) is 7.95. The van der Waals surface area contributed by atoms with Gasteiger partial charge in [0.15, 0.2) is 0 Å². The maximum absolute atomic E-state index is 12.8. The van der Waals surface area contributed by atoms with E-state index in [9.17, 15) is 18.3 Å². The number of carbonyl (C=O) groups is 1. The smallest absolute Gasteiger partial charge is 0.246 e. The van der Waals surface area contributed by atoms with Crippen LogP contribution in [0.2, 0.25) is 0 Å². The van der Waals surface area contributed by atoms with Gasteiger partial charge in [-0.05, 0) is 61.6 Å². The average molecular weight is 445 g/mol. The highest BCUT2D eigenvalue weighted by Crippen LogP contribution is 2.47. The molecule has 31 heavy (non-hydrogen) atoms. The quantitative estimate of drug-likeness (QED) is 0.640. The Morgan fingerprint density at radius 3 is 2.71 bits per heavy atom. The zero-order chi connectivity index (χ0) is 21.9. The maximum Gasteiger partial charge on any atom is 0.246 e. The van der Waals surface area contributed by atoms with Crippen LogP contribution in [-0.4, -0.2) is 43.5 Å². The van der Waals surface area contributed by atoms with Crippen molar-refractivity contribution in [3.05, 3.63) is 60.1 Å². The van der Waals surface area contributed by atoms with E-state index in [1.807, 2.05) is 4.90 Å². The molecule has 1 aliphatic heterocycles. The predicted octanol–water partition coefficient (Wildman–Crippen LogP) is 2.92. The van der Waals surface area contributed by atoms with E-state index in [1.165, 1.54) is 18.4 Å². The van der Waals surface area contributed by atoms with E-state index in [0.29, 0.717) is 12.3 Å². The fourth-order valence-corrected chi connectivity index (χ4v) is 5.86. The van der Waals surface area contributed by atoms with Gasteiger partial charge in [-0.1, -0.05) is 18.6 Å². The fourth-order valence-electron chi connectivity index (χ4n) is 4.87. The number of amides is 1. The molecule has 0 radical (unpaired) electrons. The Morgan fingerprint density at radius 2 is 2.00 bits per heavy atom. The standard InChI is InChI=1S/C23H28N2O5S/c26-17-23-12-1-5-21(23)25(14-3-13-23)22(27)11-8-18-6-9-20(10-7-18)31(28,29)24-16-19-4-2-15-30-19/h2,4,6-11,15,21,24,26H,1,3,5,12-14,16-17H2/t21-,23-/m1/s1. The molecule has 2 N–H and O–H groups in total. The van der Waals surface area contributed by atoms with Crippen LogP contribution in [0.25, 0.3) is 6.08 Å². The largest absolute Gasteiger partial charge is 0.468 e. The molecule has 0 unspecified atom stereocenters. The van der Waals surface area contributed by atoms with Crippen molar-refractivity contribution in [1.29, 1.82) is 0 Å². The summed E-state index contributed by atoms with van der Waals surface area (Å²) in [5, 5.41) is 9.93. The van der Waals surface area contributed by atoms with E-state index in [1.54, 1.807) is 36.4 Å². The van der Waals surface area contributed by atoms with Crippen LogP contribution >= 0.6 is 0 Å². The van der Waals surface area contributed by atoms with Gasteiger partial charge in [0.1, 0.15) is 5.76 Å². The van der Waals surface area contributed by atoms with E-state index in [-0.39, 0.29) is 35.4 Å². The minimum absolute atomic E-state index is 0.0544. The van der Waals surface area contributed by atoms with Crippen LogP contribution in [0, 0.1) is 5.41 Å². The summed E-state index contributed by atoms with van der Waals surface area (Å²) in [6.45, 7) is 0.932. The number of likely N-dealkylation sites (tertiary alicyclic amines) is 1. The molecule has 1 saturated carbocycles. The Morgan fingerprint density at radius 1 is 1.23 bits per heavy atom. The monoisotopic (exact) mass is 444 g/mol. The number of sulfonamides is 1. The molecule has 0 bridgehead atoms. The molecule has 1 amide bonds. The summed E-state index contributed by atoms with van der Waals surface area (Å²) in [6.07, 6.45) is 9.60. The topological polar surface area (TPSA) is 99.8 Å². The summed E-state index contributed by atoms with van der Waals surface area (Å²) in [5.74, 6) is 0.480. The highest BCUT2D eigenvalue weighted by molar-refractivity contribution is 7.89. The summed E-state index contributed by atoms with van der Waals surface area (Å²) < 4.78 is 32.5. The lowest BCUT2D eigenvalue weighted by molar-refractivity contribution is -0.134. The van der Waals surface area contributed by atoms with Gasteiger partial charge in [-0.15, -0.1) is 0 Å². The second kappa shape index (κ2) is 8.98. The van der Waals surface area contributed by atoms with E-state index in [0.717, 1.165) is 37.7 Å². The van der Waals surface area contributed by atoms with Crippen LogP contribution in [0.15, 0.2) is 58.1 Å². The second-order valence-corrected chi connectivity index (χ2v) is 10.1. The lowest BCUT2D eigenvalue weighted by atomic mass is 9.75. The van der Waals surface area contributed by atoms with E-state index in [4.69, 9.17) is 4.42 Å². The van der Waals surface area contributed by atoms with Crippen LogP contribution < -0.4 is 4.72 Å². The molecule has 2 atom stereocenters. The number of nitrogens with one attached hydrogen (secondary N) is 1. The fraction of sp³-hybridized carbons (Fsp3) is 0.435. The van der Waals surface area contributed by atoms with Gasteiger partial charge < -0.3 is 14.4 Å². The minimum Gasteiger partial charge on any atom is -0.468 e. The highest BCUT2D eigenvalue weighted by Gasteiger charge is 2.48. The number of hydrogen-bond acceptors (Lipinski definition) is 5. The number of aliphatic hydroxyl groups is 1. The second-order valence-electron chi connectivity index (χ2n) is 8.37. The van der Waals surface area contributed by atoms with Gasteiger partial charge in [0.05, 0.1) is 24.3 Å². The number of piperidine rings is 1. The molecule has 1 saturated heterocycles. The molecule has 2 aliphatic rings. The zero-order valence-corrected chi connectivity index (χ0v) is 18.2. The molecule has 1 aromatic heterocycles. The molecule has 2 aromatic rings. The van der Waals surface area contributed by atoms with Crippen molar-refractivity contribution in [2.45, 2.75) is 49.6 Å². The normalized spacial score (nSPS) is 23.9. The lowest BCUT2D eigenvalue weighted by Crippen LogP contribution is -2.52. The van der Waals surface area contributed by atoms with E-state index in [2.05, 4.69) is 4.72 Å². The molecule has 1 aliphatic carbocycles.